The Morgan fingerprint density at radius 2 is 1.95 bits per heavy atom. The molecule has 2 aromatic heterocycles. The molecule has 3 aromatic rings. The molecular formula is C15H14N4S. The number of nitrogen functional groups attached to an aromatic ring is 1. The second kappa shape index (κ2) is 5.38. The SMILES string of the molecule is Cc1ncc(-c2nc(Cc3ccccc3)cs2)c(N)n1. The highest BCUT2D eigenvalue weighted by molar-refractivity contribution is 7.13. The molecule has 3 rings (SSSR count). The van der Waals surface area contributed by atoms with E-state index in [1.54, 1.807) is 17.5 Å². The molecule has 0 saturated carbocycles. The van der Waals surface area contributed by atoms with Gasteiger partial charge in [0.2, 0.25) is 0 Å². The Kier molecular flexibility index (Phi) is 3.43. The molecule has 0 spiro atoms. The quantitative estimate of drug-likeness (QED) is 0.801. The lowest BCUT2D eigenvalue weighted by atomic mass is 10.1. The van der Waals surface area contributed by atoms with E-state index in [9.17, 15) is 0 Å². The van der Waals surface area contributed by atoms with Crippen molar-refractivity contribution in [2.24, 2.45) is 0 Å². The van der Waals surface area contributed by atoms with Gasteiger partial charge in [-0.05, 0) is 12.5 Å². The molecule has 0 aliphatic heterocycles. The number of aryl methyl sites for hydroxylation is 1. The predicted octanol–water partition coefficient (Wildman–Crippen LogP) is 3.08. The van der Waals surface area contributed by atoms with Crippen LogP contribution in [0.4, 0.5) is 5.82 Å². The van der Waals surface area contributed by atoms with Gasteiger partial charge in [0.25, 0.3) is 0 Å². The highest BCUT2D eigenvalue weighted by Gasteiger charge is 2.10. The number of aromatic nitrogens is 3. The molecule has 0 bridgehead atoms. The molecule has 2 heterocycles. The summed E-state index contributed by atoms with van der Waals surface area (Å²) in [5.74, 6) is 1.16. The van der Waals surface area contributed by atoms with Crippen molar-refractivity contribution < 1.29 is 0 Å². The monoisotopic (exact) mass is 282 g/mol. The van der Waals surface area contributed by atoms with E-state index in [2.05, 4.69) is 32.5 Å². The first-order valence-corrected chi connectivity index (χ1v) is 7.18. The van der Waals surface area contributed by atoms with Gasteiger partial charge in [-0.25, -0.2) is 15.0 Å². The van der Waals surface area contributed by atoms with Gasteiger partial charge in [0.05, 0.1) is 11.3 Å². The third kappa shape index (κ3) is 2.67. The summed E-state index contributed by atoms with van der Waals surface area (Å²) in [5.41, 5.74) is 9.02. The summed E-state index contributed by atoms with van der Waals surface area (Å²) in [4.78, 5) is 13.0. The largest absolute Gasteiger partial charge is 0.383 e. The van der Waals surface area contributed by atoms with Gasteiger partial charge in [0.15, 0.2) is 0 Å². The fraction of sp³-hybridized carbons (Fsp3) is 0.133. The maximum absolute atomic E-state index is 5.93. The smallest absolute Gasteiger partial charge is 0.137 e. The van der Waals surface area contributed by atoms with Gasteiger partial charge in [-0.15, -0.1) is 11.3 Å². The standard InChI is InChI=1S/C15H14N4S/c1-10-17-8-13(14(16)18-10)15-19-12(9-20-15)7-11-5-3-2-4-6-11/h2-6,8-9H,7H2,1H3,(H2,16,17,18). The van der Waals surface area contributed by atoms with Crippen LogP contribution in [0.2, 0.25) is 0 Å². The fourth-order valence-electron chi connectivity index (χ4n) is 1.97. The number of benzene rings is 1. The van der Waals surface area contributed by atoms with Crippen LogP contribution in [0.25, 0.3) is 10.6 Å². The van der Waals surface area contributed by atoms with Crippen molar-refractivity contribution in [1.29, 1.82) is 0 Å². The molecular weight excluding hydrogens is 268 g/mol. The minimum atomic E-state index is 0.484. The van der Waals surface area contributed by atoms with Crippen LogP contribution in [0.15, 0.2) is 41.9 Å². The number of nitrogens with zero attached hydrogens (tertiary/aromatic N) is 3. The summed E-state index contributed by atoms with van der Waals surface area (Å²) in [7, 11) is 0. The summed E-state index contributed by atoms with van der Waals surface area (Å²) in [6.45, 7) is 1.82. The summed E-state index contributed by atoms with van der Waals surface area (Å²) in [6, 6.07) is 10.3. The molecule has 1 aromatic carbocycles. The van der Waals surface area contributed by atoms with Crippen LogP contribution in [0.1, 0.15) is 17.1 Å². The van der Waals surface area contributed by atoms with Crippen LogP contribution in [-0.2, 0) is 6.42 Å². The predicted molar refractivity (Wildman–Crippen MR) is 81.5 cm³/mol. The average Bonchev–Trinajstić information content (AvgIpc) is 2.88. The summed E-state index contributed by atoms with van der Waals surface area (Å²) in [5, 5.41) is 2.93. The Morgan fingerprint density at radius 3 is 2.70 bits per heavy atom. The Balaban J connectivity index is 1.87. The van der Waals surface area contributed by atoms with Crippen molar-refractivity contribution in [3.63, 3.8) is 0 Å². The molecule has 2 N–H and O–H groups in total. The van der Waals surface area contributed by atoms with Crippen LogP contribution >= 0.6 is 11.3 Å². The van der Waals surface area contributed by atoms with Gasteiger partial charge in [-0.1, -0.05) is 30.3 Å². The Bertz CT molecular complexity index is 722. The Labute approximate surface area is 121 Å². The van der Waals surface area contributed by atoms with E-state index in [0.717, 1.165) is 22.7 Å². The fourth-order valence-corrected chi connectivity index (χ4v) is 2.81. The molecule has 5 heteroatoms. The minimum absolute atomic E-state index is 0.484. The lowest BCUT2D eigenvalue weighted by molar-refractivity contribution is 1.06. The second-order valence-electron chi connectivity index (χ2n) is 4.52. The van der Waals surface area contributed by atoms with Crippen LogP contribution in [0.3, 0.4) is 0 Å². The summed E-state index contributed by atoms with van der Waals surface area (Å²) >= 11 is 1.57. The average molecular weight is 282 g/mol. The van der Waals surface area contributed by atoms with Crippen LogP contribution in [-0.4, -0.2) is 15.0 Å². The van der Waals surface area contributed by atoms with Crippen molar-refractivity contribution in [2.45, 2.75) is 13.3 Å². The van der Waals surface area contributed by atoms with Gasteiger partial charge in [-0.2, -0.15) is 0 Å². The minimum Gasteiger partial charge on any atom is -0.383 e. The molecule has 0 aliphatic carbocycles. The Morgan fingerprint density at radius 1 is 1.15 bits per heavy atom. The van der Waals surface area contributed by atoms with Crippen molar-refractivity contribution in [3.8, 4) is 10.6 Å². The van der Waals surface area contributed by atoms with E-state index in [4.69, 9.17) is 5.73 Å². The maximum atomic E-state index is 5.93. The number of thiazole rings is 1. The topological polar surface area (TPSA) is 64.7 Å². The first-order chi connectivity index (χ1) is 9.72. The molecule has 0 saturated heterocycles. The van der Waals surface area contributed by atoms with Crippen LogP contribution in [0.5, 0.6) is 0 Å². The highest BCUT2D eigenvalue weighted by atomic mass is 32.1. The molecule has 0 atom stereocenters. The van der Waals surface area contributed by atoms with Gasteiger partial charge >= 0.3 is 0 Å². The zero-order valence-corrected chi connectivity index (χ0v) is 11.9. The maximum Gasteiger partial charge on any atom is 0.137 e. The van der Waals surface area contributed by atoms with Crippen molar-refractivity contribution in [2.75, 3.05) is 5.73 Å². The molecule has 0 amide bonds. The Hall–Kier alpha value is -2.27. The summed E-state index contributed by atoms with van der Waals surface area (Å²) in [6.07, 6.45) is 2.56. The van der Waals surface area contributed by atoms with E-state index in [0.29, 0.717) is 11.6 Å². The third-order valence-electron chi connectivity index (χ3n) is 2.95. The van der Waals surface area contributed by atoms with E-state index in [1.165, 1.54) is 5.56 Å². The van der Waals surface area contributed by atoms with Crippen molar-refractivity contribution in [3.05, 3.63) is 59.0 Å². The normalized spacial score (nSPS) is 10.7. The number of hydrogen-bond acceptors (Lipinski definition) is 5. The number of hydrogen-bond donors (Lipinski definition) is 1. The number of anilines is 1. The second-order valence-corrected chi connectivity index (χ2v) is 5.38. The lowest BCUT2D eigenvalue weighted by Crippen LogP contribution is -1.98. The molecule has 4 nitrogen and oxygen atoms in total. The van der Waals surface area contributed by atoms with Gasteiger partial charge in [0, 0.05) is 18.0 Å². The van der Waals surface area contributed by atoms with E-state index in [1.807, 2.05) is 25.1 Å². The highest BCUT2D eigenvalue weighted by Crippen LogP contribution is 2.27. The number of rotatable bonds is 3. The lowest BCUT2D eigenvalue weighted by Gasteiger charge is -2.01. The molecule has 0 unspecified atom stereocenters. The zero-order chi connectivity index (χ0) is 13.9. The van der Waals surface area contributed by atoms with Gasteiger partial charge in [-0.3, -0.25) is 0 Å². The molecule has 20 heavy (non-hydrogen) atoms. The van der Waals surface area contributed by atoms with Gasteiger partial charge in [0.1, 0.15) is 16.6 Å². The van der Waals surface area contributed by atoms with E-state index in [-0.39, 0.29) is 0 Å². The first-order valence-electron chi connectivity index (χ1n) is 6.30. The molecule has 100 valence electrons. The van der Waals surface area contributed by atoms with Crippen molar-refractivity contribution in [1.82, 2.24) is 15.0 Å². The van der Waals surface area contributed by atoms with Gasteiger partial charge < -0.3 is 5.73 Å². The first kappa shape index (κ1) is 12.7. The molecule has 0 radical (unpaired) electrons. The third-order valence-corrected chi connectivity index (χ3v) is 3.87. The van der Waals surface area contributed by atoms with E-state index >= 15 is 0 Å². The number of nitrogens with two attached hydrogens (primary N) is 1. The van der Waals surface area contributed by atoms with Crippen molar-refractivity contribution >= 4 is 17.2 Å². The molecule has 0 aliphatic rings. The van der Waals surface area contributed by atoms with Crippen LogP contribution in [0, 0.1) is 6.92 Å². The zero-order valence-electron chi connectivity index (χ0n) is 11.1. The van der Waals surface area contributed by atoms with E-state index < -0.39 is 0 Å². The summed E-state index contributed by atoms with van der Waals surface area (Å²) < 4.78 is 0. The van der Waals surface area contributed by atoms with Crippen LogP contribution < -0.4 is 5.73 Å². The molecule has 0 fully saturated rings.